The maximum Gasteiger partial charge on any atom is 0.228 e. The number of allylic oxidation sites excluding steroid dienone is 1. The predicted octanol–water partition coefficient (Wildman–Crippen LogP) is 1.77. The topological polar surface area (TPSA) is 62.7 Å². The third-order valence-corrected chi connectivity index (χ3v) is 1.69. The van der Waals surface area contributed by atoms with Crippen LogP contribution in [0.5, 0.6) is 0 Å². The van der Waals surface area contributed by atoms with Crippen LogP contribution in [0, 0.1) is 0 Å². The Kier molecular flexibility index (Phi) is 4.03. The molecule has 0 fully saturated rings. The fraction of sp³-hybridized carbons (Fsp3) is 0.500. The number of hydrogen-bond acceptors (Lipinski definition) is 5. The molecule has 0 aliphatic rings. The van der Waals surface area contributed by atoms with Gasteiger partial charge in [0.15, 0.2) is 5.82 Å². The summed E-state index contributed by atoms with van der Waals surface area (Å²) in [4.78, 5) is 12.7. The van der Waals surface area contributed by atoms with Gasteiger partial charge in [0.1, 0.15) is 0 Å². The molecule has 0 spiro atoms. The van der Waals surface area contributed by atoms with Crippen LogP contribution in [0.25, 0.3) is 5.57 Å². The van der Waals surface area contributed by atoms with Gasteiger partial charge >= 0.3 is 0 Å². The zero-order chi connectivity index (χ0) is 11.3. The van der Waals surface area contributed by atoms with Crippen LogP contribution in [-0.4, -0.2) is 28.0 Å². The monoisotopic (exact) mass is 207 g/mol. The summed E-state index contributed by atoms with van der Waals surface area (Å²) in [7, 11) is 0. The molecule has 1 rings (SSSR count). The summed E-state index contributed by atoms with van der Waals surface area (Å²) in [6.07, 6.45) is 0. The van der Waals surface area contributed by atoms with E-state index in [0.29, 0.717) is 17.7 Å². The van der Waals surface area contributed by atoms with Gasteiger partial charge in [-0.2, -0.15) is 15.0 Å². The Bertz CT molecular complexity index is 323. The standard InChI is InChI=1S/C10H17N5/c1-5-11-9-13-8(7(3)4)14-10(15-9)12-6-2/h3,5-6H2,1-2,4H3,(H2,11,12,13,14,15). The Morgan fingerprint density at radius 1 is 1.07 bits per heavy atom. The fourth-order valence-electron chi connectivity index (χ4n) is 1.04. The van der Waals surface area contributed by atoms with Crippen molar-refractivity contribution in [3.8, 4) is 0 Å². The third-order valence-electron chi connectivity index (χ3n) is 1.69. The van der Waals surface area contributed by atoms with Crippen molar-refractivity contribution in [1.82, 2.24) is 15.0 Å². The number of aromatic nitrogens is 3. The SMILES string of the molecule is C=C(C)c1nc(NCC)nc(NCC)n1. The van der Waals surface area contributed by atoms with Crippen molar-refractivity contribution in [3.05, 3.63) is 12.4 Å². The smallest absolute Gasteiger partial charge is 0.228 e. The van der Waals surface area contributed by atoms with Crippen molar-refractivity contribution >= 4 is 17.5 Å². The van der Waals surface area contributed by atoms with E-state index < -0.39 is 0 Å². The highest BCUT2D eigenvalue weighted by Crippen LogP contribution is 2.11. The molecule has 0 unspecified atom stereocenters. The van der Waals surface area contributed by atoms with Gasteiger partial charge < -0.3 is 10.6 Å². The van der Waals surface area contributed by atoms with E-state index in [-0.39, 0.29) is 0 Å². The molecule has 2 N–H and O–H groups in total. The molecule has 0 atom stereocenters. The lowest BCUT2D eigenvalue weighted by Crippen LogP contribution is -2.10. The molecule has 1 aromatic rings. The molecule has 82 valence electrons. The molecule has 15 heavy (non-hydrogen) atoms. The van der Waals surface area contributed by atoms with Gasteiger partial charge in [-0.3, -0.25) is 0 Å². The van der Waals surface area contributed by atoms with E-state index in [4.69, 9.17) is 0 Å². The second-order valence-corrected chi connectivity index (χ2v) is 3.15. The normalized spacial score (nSPS) is 9.80. The minimum Gasteiger partial charge on any atom is -0.354 e. The van der Waals surface area contributed by atoms with Gasteiger partial charge in [-0.25, -0.2) is 0 Å². The number of anilines is 2. The van der Waals surface area contributed by atoms with Crippen molar-refractivity contribution in [3.63, 3.8) is 0 Å². The zero-order valence-electron chi connectivity index (χ0n) is 9.46. The molecular formula is C10H17N5. The lowest BCUT2D eigenvalue weighted by atomic mass is 10.3. The highest BCUT2D eigenvalue weighted by molar-refractivity contribution is 5.56. The fourth-order valence-corrected chi connectivity index (χ4v) is 1.04. The summed E-state index contributed by atoms with van der Waals surface area (Å²) in [5.74, 6) is 1.79. The molecule has 0 aliphatic carbocycles. The van der Waals surface area contributed by atoms with Crippen molar-refractivity contribution in [1.29, 1.82) is 0 Å². The van der Waals surface area contributed by atoms with Crippen LogP contribution in [0.2, 0.25) is 0 Å². The lowest BCUT2D eigenvalue weighted by Gasteiger charge is -2.07. The van der Waals surface area contributed by atoms with E-state index in [2.05, 4.69) is 32.2 Å². The first kappa shape index (κ1) is 11.4. The van der Waals surface area contributed by atoms with Gasteiger partial charge in [-0.1, -0.05) is 6.58 Å². The highest BCUT2D eigenvalue weighted by Gasteiger charge is 2.05. The summed E-state index contributed by atoms with van der Waals surface area (Å²) < 4.78 is 0. The maximum absolute atomic E-state index is 4.23. The maximum atomic E-state index is 4.23. The molecule has 0 aromatic carbocycles. The summed E-state index contributed by atoms with van der Waals surface area (Å²) in [5.41, 5.74) is 0.829. The van der Waals surface area contributed by atoms with Crippen molar-refractivity contribution in [2.45, 2.75) is 20.8 Å². The van der Waals surface area contributed by atoms with Gasteiger partial charge in [-0.05, 0) is 26.3 Å². The minimum absolute atomic E-state index is 0.585. The van der Waals surface area contributed by atoms with Gasteiger partial charge in [0, 0.05) is 13.1 Å². The molecule has 0 saturated carbocycles. The van der Waals surface area contributed by atoms with E-state index >= 15 is 0 Å². The molecule has 0 saturated heterocycles. The van der Waals surface area contributed by atoms with Crippen LogP contribution in [0.4, 0.5) is 11.9 Å². The third kappa shape index (κ3) is 3.19. The van der Waals surface area contributed by atoms with E-state index in [1.165, 1.54) is 0 Å². The molecule has 0 amide bonds. The Hall–Kier alpha value is -1.65. The molecular weight excluding hydrogens is 190 g/mol. The molecule has 0 bridgehead atoms. The van der Waals surface area contributed by atoms with Gasteiger partial charge in [0.05, 0.1) is 0 Å². The van der Waals surface area contributed by atoms with Crippen LogP contribution < -0.4 is 10.6 Å². The average Bonchev–Trinajstić information content (AvgIpc) is 2.18. The number of rotatable bonds is 5. The Balaban J connectivity index is 3.02. The van der Waals surface area contributed by atoms with E-state index in [0.717, 1.165) is 18.7 Å². The largest absolute Gasteiger partial charge is 0.354 e. The molecule has 5 nitrogen and oxygen atoms in total. The minimum atomic E-state index is 0.585. The molecule has 0 radical (unpaired) electrons. The summed E-state index contributed by atoms with van der Waals surface area (Å²) >= 11 is 0. The summed E-state index contributed by atoms with van der Waals surface area (Å²) in [6.45, 7) is 11.3. The van der Waals surface area contributed by atoms with Gasteiger partial charge in [0.2, 0.25) is 11.9 Å². The number of hydrogen-bond donors (Lipinski definition) is 2. The first-order valence-electron chi connectivity index (χ1n) is 5.07. The molecule has 1 heterocycles. The Morgan fingerprint density at radius 3 is 1.87 bits per heavy atom. The Labute approximate surface area is 90.1 Å². The van der Waals surface area contributed by atoms with E-state index in [1.807, 2.05) is 20.8 Å². The van der Waals surface area contributed by atoms with E-state index in [1.54, 1.807) is 0 Å². The van der Waals surface area contributed by atoms with E-state index in [9.17, 15) is 0 Å². The van der Waals surface area contributed by atoms with Crippen LogP contribution in [-0.2, 0) is 0 Å². The molecule has 0 aliphatic heterocycles. The predicted molar refractivity (Wildman–Crippen MR) is 62.9 cm³/mol. The zero-order valence-corrected chi connectivity index (χ0v) is 9.46. The van der Waals surface area contributed by atoms with Crippen molar-refractivity contribution in [2.75, 3.05) is 23.7 Å². The first-order valence-corrected chi connectivity index (χ1v) is 5.07. The summed E-state index contributed by atoms with van der Waals surface area (Å²) in [5, 5.41) is 6.12. The van der Waals surface area contributed by atoms with Gasteiger partial charge in [-0.15, -0.1) is 0 Å². The number of nitrogens with zero attached hydrogens (tertiary/aromatic N) is 3. The van der Waals surface area contributed by atoms with Gasteiger partial charge in [0.25, 0.3) is 0 Å². The van der Waals surface area contributed by atoms with Crippen molar-refractivity contribution in [2.24, 2.45) is 0 Å². The lowest BCUT2D eigenvalue weighted by molar-refractivity contribution is 0.979. The second kappa shape index (κ2) is 5.29. The van der Waals surface area contributed by atoms with Crippen LogP contribution in [0.15, 0.2) is 6.58 Å². The van der Waals surface area contributed by atoms with Crippen LogP contribution >= 0.6 is 0 Å². The second-order valence-electron chi connectivity index (χ2n) is 3.15. The van der Waals surface area contributed by atoms with Crippen molar-refractivity contribution < 1.29 is 0 Å². The molecule has 1 aromatic heterocycles. The quantitative estimate of drug-likeness (QED) is 0.770. The van der Waals surface area contributed by atoms with Crippen LogP contribution in [0.3, 0.4) is 0 Å². The summed E-state index contributed by atoms with van der Waals surface area (Å²) in [6, 6.07) is 0. The Morgan fingerprint density at radius 2 is 1.53 bits per heavy atom. The average molecular weight is 207 g/mol. The van der Waals surface area contributed by atoms with Crippen LogP contribution in [0.1, 0.15) is 26.6 Å². The first-order chi connectivity index (χ1) is 7.17. The highest BCUT2D eigenvalue weighted by atomic mass is 15.2. The molecule has 5 heteroatoms. The number of nitrogens with one attached hydrogen (secondary N) is 2.